The predicted octanol–water partition coefficient (Wildman–Crippen LogP) is 1.55. The Balaban J connectivity index is 1.53. The molecule has 22 heavy (non-hydrogen) atoms. The fourth-order valence-corrected chi connectivity index (χ4v) is 3.99. The number of ether oxygens (including phenoxy) is 1. The first-order valence-electron chi connectivity index (χ1n) is 7.80. The molecule has 2 amide bonds. The molecule has 0 saturated carbocycles. The smallest absolute Gasteiger partial charge is 0.409 e. The summed E-state index contributed by atoms with van der Waals surface area (Å²) in [5, 5.41) is 0. The highest BCUT2D eigenvalue weighted by atomic mass is 32.1. The third kappa shape index (κ3) is 3.09. The second-order valence-corrected chi connectivity index (χ2v) is 6.61. The Morgan fingerprint density at radius 1 is 1.32 bits per heavy atom. The summed E-state index contributed by atoms with van der Waals surface area (Å²) in [5.41, 5.74) is 3.04. The molecule has 3 rings (SSSR count). The van der Waals surface area contributed by atoms with E-state index in [0.29, 0.717) is 32.8 Å². The zero-order valence-corrected chi connectivity index (χ0v) is 13.6. The average Bonchev–Trinajstić information content (AvgIpc) is 3.02. The van der Waals surface area contributed by atoms with Crippen molar-refractivity contribution in [3.8, 4) is 0 Å². The molecule has 1 aliphatic carbocycles. The van der Waals surface area contributed by atoms with E-state index in [9.17, 15) is 9.59 Å². The Bertz CT molecular complexity index is 552. The van der Waals surface area contributed by atoms with E-state index in [2.05, 4.69) is 4.98 Å². The van der Waals surface area contributed by atoms with Crippen LogP contribution >= 0.6 is 11.3 Å². The molecule has 0 spiro atoms. The van der Waals surface area contributed by atoms with Crippen LogP contribution in [0.15, 0.2) is 5.51 Å². The summed E-state index contributed by atoms with van der Waals surface area (Å²) in [4.78, 5) is 33.5. The minimum absolute atomic E-state index is 0.0714. The molecule has 1 fully saturated rings. The van der Waals surface area contributed by atoms with Crippen LogP contribution in [0, 0.1) is 5.92 Å². The third-order valence-electron chi connectivity index (χ3n) is 4.35. The van der Waals surface area contributed by atoms with Gasteiger partial charge in [-0.15, -0.1) is 11.3 Å². The number of rotatable bonds is 2. The molecule has 2 aliphatic rings. The quantitative estimate of drug-likeness (QED) is 0.828. The van der Waals surface area contributed by atoms with E-state index in [-0.39, 0.29) is 17.9 Å². The summed E-state index contributed by atoms with van der Waals surface area (Å²) >= 11 is 1.65. The van der Waals surface area contributed by atoms with Gasteiger partial charge >= 0.3 is 6.09 Å². The lowest BCUT2D eigenvalue weighted by molar-refractivity contribution is -0.137. The number of hydrogen-bond acceptors (Lipinski definition) is 5. The van der Waals surface area contributed by atoms with Crippen molar-refractivity contribution in [1.82, 2.24) is 14.8 Å². The van der Waals surface area contributed by atoms with Gasteiger partial charge in [0.2, 0.25) is 5.91 Å². The monoisotopic (exact) mass is 323 g/mol. The molecule has 0 aromatic carbocycles. The topological polar surface area (TPSA) is 62.7 Å². The van der Waals surface area contributed by atoms with Crippen LogP contribution in [-0.2, 0) is 22.4 Å². The molecule has 1 aromatic heterocycles. The minimum atomic E-state index is -0.276. The van der Waals surface area contributed by atoms with Gasteiger partial charge in [-0.1, -0.05) is 0 Å². The zero-order valence-electron chi connectivity index (χ0n) is 12.8. The van der Waals surface area contributed by atoms with Gasteiger partial charge < -0.3 is 14.5 Å². The maximum absolute atomic E-state index is 12.7. The van der Waals surface area contributed by atoms with E-state index < -0.39 is 0 Å². The van der Waals surface area contributed by atoms with E-state index in [1.807, 2.05) is 10.4 Å². The third-order valence-corrected chi connectivity index (χ3v) is 5.25. The van der Waals surface area contributed by atoms with Crippen molar-refractivity contribution < 1.29 is 14.3 Å². The molecule has 1 aliphatic heterocycles. The number of nitrogens with zero attached hydrogens (tertiary/aromatic N) is 3. The first kappa shape index (κ1) is 15.3. The van der Waals surface area contributed by atoms with Gasteiger partial charge in [0, 0.05) is 37.0 Å². The number of thiazole rings is 1. The Labute approximate surface area is 134 Å². The van der Waals surface area contributed by atoms with E-state index in [4.69, 9.17) is 4.74 Å². The number of amides is 2. The van der Waals surface area contributed by atoms with E-state index in [0.717, 1.165) is 19.3 Å². The second kappa shape index (κ2) is 6.64. The largest absolute Gasteiger partial charge is 0.450 e. The highest BCUT2D eigenvalue weighted by Gasteiger charge is 2.32. The SMILES string of the molecule is CCOC(=O)N1CCN(C(=O)C2CCc3ncsc3C2)CC1. The number of aryl methyl sites for hydroxylation is 1. The van der Waals surface area contributed by atoms with Gasteiger partial charge in [0.15, 0.2) is 0 Å². The molecule has 7 heteroatoms. The normalized spacial score (nSPS) is 21.4. The Kier molecular flexibility index (Phi) is 4.61. The van der Waals surface area contributed by atoms with Crippen molar-refractivity contribution in [2.45, 2.75) is 26.2 Å². The van der Waals surface area contributed by atoms with Crippen molar-refractivity contribution in [1.29, 1.82) is 0 Å². The number of fused-ring (bicyclic) bond motifs is 1. The maximum Gasteiger partial charge on any atom is 0.409 e. The molecular weight excluding hydrogens is 302 g/mol. The van der Waals surface area contributed by atoms with E-state index >= 15 is 0 Å². The van der Waals surface area contributed by atoms with Crippen LogP contribution in [0.4, 0.5) is 4.79 Å². The summed E-state index contributed by atoms with van der Waals surface area (Å²) < 4.78 is 5.00. The standard InChI is InChI=1S/C15H21N3O3S/c1-2-21-15(20)18-7-5-17(6-8-18)14(19)11-3-4-12-13(9-11)22-10-16-12/h10-11H,2-9H2,1H3. The van der Waals surface area contributed by atoms with Crippen molar-refractivity contribution in [3.63, 3.8) is 0 Å². The Morgan fingerprint density at radius 3 is 2.77 bits per heavy atom. The molecule has 1 aromatic rings. The highest BCUT2D eigenvalue weighted by molar-refractivity contribution is 7.09. The first-order valence-corrected chi connectivity index (χ1v) is 8.68. The number of carbonyl (C=O) groups is 2. The first-order chi connectivity index (χ1) is 10.7. The molecule has 1 atom stereocenters. The highest BCUT2D eigenvalue weighted by Crippen LogP contribution is 2.29. The van der Waals surface area contributed by atoms with Crippen LogP contribution in [0.25, 0.3) is 0 Å². The van der Waals surface area contributed by atoms with Gasteiger partial charge in [0.1, 0.15) is 0 Å². The van der Waals surface area contributed by atoms with Crippen molar-refractivity contribution in [2.75, 3.05) is 32.8 Å². The molecule has 0 radical (unpaired) electrons. The summed E-state index contributed by atoms with van der Waals surface area (Å²) in [5.74, 6) is 0.296. The van der Waals surface area contributed by atoms with Gasteiger partial charge in [0.05, 0.1) is 17.8 Å². The maximum atomic E-state index is 12.7. The average molecular weight is 323 g/mol. The lowest BCUT2D eigenvalue weighted by atomic mass is 9.90. The van der Waals surface area contributed by atoms with Gasteiger partial charge in [-0.3, -0.25) is 4.79 Å². The van der Waals surface area contributed by atoms with E-state index in [1.165, 1.54) is 10.6 Å². The number of aromatic nitrogens is 1. The molecule has 0 bridgehead atoms. The number of piperazine rings is 1. The fraction of sp³-hybridized carbons (Fsp3) is 0.667. The molecule has 6 nitrogen and oxygen atoms in total. The number of hydrogen-bond donors (Lipinski definition) is 0. The fourth-order valence-electron chi connectivity index (χ4n) is 3.09. The van der Waals surface area contributed by atoms with Crippen LogP contribution < -0.4 is 0 Å². The molecule has 1 saturated heterocycles. The van der Waals surface area contributed by atoms with Crippen LogP contribution in [0.1, 0.15) is 23.9 Å². The zero-order chi connectivity index (χ0) is 15.5. The number of carbonyl (C=O) groups excluding carboxylic acids is 2. The summed E-state index contributed by atoms with van der Waals surface area (Å²) in [7, 11) is 0. The Hall–Kier alpha value is -1.63. The van der Waals surface area contributed by atoms with Crippen LogP contribution in [0.2, 0.25) is 0 Å². The molecule has 2 heterocycles. The van der Waals surface area contributed by atoms with Crippen molar-refractivity contribution in [2.24, 2.45) is 5.92 Å². The second-order valence-electron chi connectivity index (χ2n) is 5.67. The van der Waals surface area contributed by atoms with Gasteiger partial charge in [0.25, 0.3) is 0 Å². The van der Waals surface area contributed by atoms with Crippen molar-refractivity contribution in [3.05, 3.63) is 16.1 Å². The van der Waals surface area contributed by atoms with Gasteiger partial charge in [-0.05, 0) is 26.2 Å². The van der Waals surface area contributed by atoms with Gasteiger partial charge in [-0.25, -0.2) is 9.78 Å². The summed E-state index contributed by atoms with van der Waals surface area (Å²) in [6.07, 6.45) is 2.32. The Morgan fingerprint density at radius 2 is 2.05 bits per heavy atom. The summed E-state index contributed by atoms with van der Waals surface area (Å²) in [6, 6.07) is 0. The molecule has 1 unspecified atom stereocenters. The molecule has 120 valence electrons. The van der Waals surface area contributed by atoms with Crippen LogP contribution in [0.5, 0.6) is 0 Å². The molecular formula is C15H21N3O3S. The minimum Gasteiger partial charge on any atom is -0.450 e. The van der Waals surface area contributed by atoms with Crippen LogP contribution in [0.3, 0.4) is 0 Å². The van der Waals surface area contributed by atoms with Gasteiger partial charge in [-0.2, -0.15) is 0 Å². The van der Waals surface area contributed by atoms with E-state index in [1.54, 1.807) is 23.2 Å². The lowest BCUT2D eigenvalue weighted by Crippen LogP contribution is -2.52. The van der Waals surface area contributed by atoms with Crippen LogP contribution in [-0.4, -0.2) is 59.6 Å². The lowest BCUT2D eigenvalue weighted by Gasteiger charge is -2.36. The molecule has 0 N–H and O–H groups in total. The van der Waals surface area contributed by atoms with Crippen molar-refractivity contribution >= 4 is 23.3 Å². The predicted molar refractivity (Wildman–Crippen MR) is 82.8 cm³/mol. The summed E-state index contributed by atoms with van der Waals surface area (Å²) in [6.45, 7) is 4.51.